The number of carbonyl (C=O) groups is 1. The van der Waals surface area contributed by atoms with E-state index in [0.29, 0.717) is 37.1 Å². The van der Waals surface area contributed by atoms with Gasteiger partial charge in [-0.2, -0.15) is 0 Å². The first kappa shape index (κ1) is 20.3. The Morgan fingerprint density at radius 1 is 1.07 bits per heavy atom. The number of anilines is 1. The second-order valence-corrected chi connectivity index (χ2v) is 8.77. The zero-order chi connectivity index (χ0) is 20.5. The molecule has 0 saturated heterocycles. The monoisotopic (exact) mass is 465 g/mol. The molecular weight excluding hydrogens is 453 g/mol. The van der Waals surface area contributed by atoms with Crippen LogP contribution >= 0.6 is 46.6 Å². The Bertz CT molecular complexity index is 1170. The fourth-order valence-electron chi connectivity index (χ4n) is 3.25. The van der Waals surface area contributed by atoms with Crippen molar-refractivity contribution in [2.75, 3.05) is 5.32 Å². The van der Waals surface area contributed by atoms with E-state index in [2.05, 4.69) is 15.3 Å². The third kappa shape index (κ3) is 4.46. The van der Waals surface area contributed by atoms with Crippen LogP contribution in [0.2, 0.25) is 15.1 Å². The highest BCUT2D eigenvalue weighted by Crippen LogP contribution is 2.38. The summed E-state index contributed by atoms with van der Waals surface area (Å²) >= 11 is 19.7. The summed E-state index contributed by atoms with van der Waals surface area (Å²) in [6.07, 6.45) is 0.105. The van der Waals surface area contributed by atoms with Gasteiger partial charge >= 0.3 is 0 Å². The van der Waals surface area contributed by atoms with E-state index in [9.17, 15) is 9.59 Å². The first-order chi connectivity index (χ1) is 13.9. The normalized spacial score (nSPS) is 15.7. The third-order valence-electron chi connectivity index (χ3n) is 4.53. The molecule has 2 heterocycles. The van der Waals surface area contributed by atoms with Gasteiger partial charge in [0.2, 0.25) is 5.91 Å². The summed E-state index contributed by atoms with van der Waals surface area (Å²) in [5.74, 6) is 0.113. The fourth-order valence-corrected chi connectivity index (χ4v) is 4.80. The van der Waals surface area contributed by atoms with Crippen molar-refractivity contribution in [3.63, 3.8) is 0 Å². The molecule has 0 aliphatic carbocycles. The van der Waals surface area contributed by atoms with Crippen LogP contribution in [0.3, 0.4) is 0 Å². The second kappa shape index (κ2) is 8.40. The van der Waals surface area contributed by atoms with E-state index < -0.39 is 5.92 Å². The van der Waals surface area contributed by atoms with E-state index in [4.69, 9.17) is 34.8 Å². The van der Waals surface area contributed by atoms with Gasteiger partial charge in [-0.3, -0.25) is 9.59 Å². The van der Waals surface area contributed by atoms with Gasteiger partial charge in [0.05, 0.1) is 5.56 Å². The molecule has 29 heavy (non-hydrogen) atoms. The van der Waals surface area contributed by atoms with Crippen molar-refractivity contribution in [1.82, 2.24) is 9.97 Å². The van der Waals surface area contributed by atoms with Gasteiger partial charge in [-0.25, -0.2) is 4.98 Å². The maximum Gasteiger partial charge on any atom is 0.257 e. The summed E-state index contributed by atoms with van der Waals surface area (Å²) in [5, 5.41) is 4.65. The van der Waals surface area contributed by atoms with E-state index in [1.807, 2.05) is 18.2 Å². The fraction of sp³-hybridized carbons (Fsp3) is 0.150. The van der Waals surface area contributed by atoms with E-state index in [-0.39, 0.29) is 23.7 Å². The number of fused-ring (bicyclic) bond motifs is 1. The summed E-state index contributed by atoms with van der Waals surface area (Å²) in [7, 11) is 0. The number of H-pyrrole nitrogens is 1. The highest BCUT2D eigenvalue weighted by Gasteiger charge is 2.32. The number of nitrogens with zero attached hydrogens (tertiary/aromatic N) is 1. The number of aromatic amines is 1. The molecular formula is C20H14Cl3N3O2S. The van der Waals surface area contributed by atoms with Crippen LogP contribution in [0.25, 0.3) is 0 Å². The van der Waals surface area contributed by atoms with E-state index in [0.717, 1.165) is 5.56 Å². The van der Waals surface area contributed by atoms with Gasteiger partial charge in [-0.05, 0) is 35.4 Å². The van der Waals surface area contributed by atoms with Gasteiger partial charge in [0, 0.05) is 33.2 Å². The third-order valence-corrected chi connectivity index (χ3v) is 6.27. The number of thioether (sulfide) groups is 1. The topological polar surface area (TPSA) is 74.8 Å². The van der Waals surface area contributed by atoms with Crippen LogP contribution in [0, 0.1) is 0 Å². The standard InChI is InChI=1S/C20H14Cl3N3O2S/c21-11-3-1-2-10(6-11)9-29-20-25-18-17(19(28)26-20)14(8-16(27)24-18)13-5-4-12(22)7-15(13)23/h1-7,14H,8-9H2,(H2,24,25,26,27,28). The first-order valence-electron chi connectivity index (χ1n) is 8.67. The average Bonchev–Trinajstić information content (AvgIpc) is 2.65. The number of nitrogens with one attached hydrogen (secondary N) is 2. The molecule has 1 unspecified atom stereocenters. The van der Waals surface area contributed by atoms with Gasteiger partial charge in [-0.15, -0.1) is 0 Å². The molecule has 1 aliphatic rings. The van der Waals surface area contributed by atoms with Crippen molar-refractivity contribution in [2.24, 2.45) is 0 Å². The predicted molar refractivity (Wildman–Crippen MR) is 117 cm³/mol. The van der Waals surface area contributed by atoms with Crippen LogP contribution in [0.4, 0.5) is 5.82 Å². The maximum atomic E-state index is 12.9. The summed E-state index contributed by atoms with van der Waals surface area (Å²) in [6.45, 7) is 0. The van der Waals surface area contributed by atoms with Crippen LogP contribution in [0.1, 0.15) is 29.0 Å². The number of aromatic nitrogens is 2. The Morgan fingerprint density at radius 3 is 2.62 bits per heavy atom. The number of rotatable bonds is 4. The van der Waals surface area contributed by atoms with Crippen molar-refractivity contribution in [3.8, 4) is 0 Å². The minimum absolute atomic E-state index is 0.105. The summed E-state index contributed by atoms with van der Waals surface area (Å²) in [6, 6.07) is 12.5. The first-order valence-corrected chi connectivity index (χ1v) is 10.8. The summed E-state index contributed by atoms with van der Waals surface area (Å²) < 4.78 is 0. The lowest BCUT2D eigenvalue weighted by atomic mass is 9.87. The number of amides is 1. The lowest BCUT2D eigenvalue weighted by Gasteiger charge is -2.25. The molecule has 2 aromatic carbocycles. The van der Waals surface area contributed by atoms with E-state index >= 15 is 0 Å². The molecule has 0 saturated carbocycles. The molecule has 1 aliphatic heterocycles. The zero-order valence-electron chi connectivity index (χ0n) is 14.8. The number of hydrogen-bond acceptors (Lipinski definition) is 4. The lowest BCUT2D eigenvalue weighted by Crippen LogP contribution is -2.31. The Balaban J connectivity index is 1.67. The number of benzene rings is 2. The van der Waals surface area contributed by atoms with Crippen LogP contribution in [0.5, 0.6) is 0 Å². The highest BCUT2D eigenvalue weighted by atomic mass is 35.5. The average molecular weight is 467 g/mol. The molecule has 0 spiro atoms. The largest absolute Gasteiger partial charge is 0.310 e. The SMILES string of the molecule is O=C1CC(c2ccc(Cl)cc2Cl)c2c(nc(SCc3cccc(Cl)c3)[nH]c2=O)N1. The quantitative estimate of drug-likeness (QED) is 0.393. The predicted octanol–water partition coefficient (Wildman–Crippen LogP) is 5.50. The van der Waals surface area contributed by atoms with Crippen molar-refractivity contribution >= 4 is 58.3 Å². The van der Waals surface area contributed by atoms with Crippen LogP contribution in [-0.4, -0.2) is 15.9 Å². The zero-order valence-corrected chi connectivity index (χ0v) is 17.9. The Hall–Kier alpha value is -1.99. The summed E-state index contributed by atoms with van der Waals surface area (Å²) in [5.41, 5.74) is 1.75. The lowest BCUT2D eigenvalue weighted by molar-refractivity contribution is -0.116. The minimum atomic E-state index is -0.494. The highest BCUT2D eigenvalue weighted by molar-refractivity contribution is 7.98. The van der Waals surface area contributed by atoms with Crippen LogP contribution in [0.15, 0.2) is 52.4 Å². The molecule has 1 aromatic heterocycles. The van der Waals surface area contributed by atoms with Crippen molar-refractivity contribution in [3.05, 3.63) is 84.6 Å². The molecule has 1 atom stereocenters. The van der Waals surface area contributed by atoms with Crippen LogP contribution < -0.4 is 10.9 Å². The van der Waals surface area contributed by atoms with Crippen LogP contribution in [-0.2, 0) is 10.5 Å². The molecule has 0 bridgehead atoms. The number of halogens is 3. The number of hydrogen-bond donors (Lipinski definition) is 2. The Kier molecular flexibility index (Phi) is 5.88. The summed E-state index contributed by atoms with van der Waals surface area (Å²) in [4.78, 5) is 32.4. The second-order valence-electron chi connectivity index (χ2n) is 6.52. The van der Waals surface area contributed by atoms with Crippen molar-refractivity contribution in [2.45, 2.75) is 23.2 Å². The smallest absolute Gasteiger partial charge is 0.257 e. The molecule has 5 nitrogen and oxygen atoms in total. The molecule has 0 fully saturated rings. The van der Waals surface area contributed by atoms with Gasteiger partial charge < -0.3 is 10.3 Å². The van der Waals surface area contributed by atoms with Crippen molar-refractivity contribution < 1.29 is 4.79 Å². The van der Waals surface area contributed by atoms with E-state index in [1.54, 1.807) is 24.3 Å². The van der Waals surface area contributed by atoms with Gasteiger partial charge in [-0.1, -0.05) is 64.8 Å². The van der Waals surface area contributed by atoms with Crippen molar-refractivity contribution in [1.29, 1.82) is 0 Å². The molecule has 9 heteroatoms. The van der Waals surface area contributed by atoms with Gasteiger partial charge in [0.15, 0.2) is 5.16 Å². The molecule has 1 amide bonds. The molecule has 0 radical (unpaired) electrons. The van der Waals surface area contributed by atoms with Gasteiger partial charge in [0.1, 0.15) is 5.82 Å². The minimum Gasteiger partial charge on any atom is -0.310 e. The van der Waals surface area contributed by atoms with E-state index in [1.165, 1.54) is 11.8 Å². The maximum absolute atomic E-state index is 12.9. The van der Waals surface area contributed by atoms with Gasteiger partial charge in [0.25, 0.3) is 5.56 Å². The molecule has 2 N–H and O–H groups in total. The number of carbonyl (C=O) groups excluding carboxylic acids is 1. The Morgan fingerprint density at radius 2 is 1.86 bits per heavy atom. The molecule has 3 aromatic rings. The molecule has 148 valence electrons. The molecule has 4 rings (SSSR count). The Labute approximate surface area is 185 Å².